The summed E-state index contributed by atoms with van der Waals surface area (Å²) in [6, 6.07) is 8.43. The highest BCUT2D eigenvalue weighted by Crippen LogP contribution is 2.44. The van der Waals surface area contributed by atoms with Crippen LogP contribution in [0.4, 0.5) is 0 Å². The third-order valence-corrected chi connectivity index (χ3v) is 4.09. The van der Waals surface area contributed by atoms with Crippen LogP contribution in [0.25, 0.3) is 11.3 Å². The van der Waals surface area contributed by atoms with Gasteiger partial charge in [-0.15, -0.1) is 11.3 Å². The van der Waals surface area contributed by atoms with Gasteiger partial charge in [0.25, 0.3) is 0 Å². The molecule has 3 rings (SSSR count). The number of hydrogen-bond acceptors (Lipinski definition) is 3. The molecule has 1 aromatic heterocycles. The van der Waals surface area contributed by atoms with E-state index in [9.17, 15) is 0 Å². The molecule has 0 atom stereocenters. The third kappa shape index (κ3) is 1.66. The lowest BCUT2D eigenvalue weighted by Gasteiger charge is -2.02. The Kier molecular flexibility index (Phi) is 2.13. The molecule has 1 aromatic carbocycles. The van der Waals surface area contributed by atoms with Crippen LogP contribution in [0.1, 0.15) is 23.4 Å². The molecule has 16 heavy (non-hydrogen) atoms. The molecular weight excluding hydrogens is 216 g/mol. The van der Waals surface area contributed by atoms with E-state index in [0.717, 1.165) is 23.5 Å². The van der Waals surface area contributed by atoms with Gasteiger partial charge in [-0.25, -0.2) is 4.98 Å². The van der Waals surface area contributed by atoms with Gasteiger partial charge in [0.2, 0.25) is 0 Å². The fourth-order valence-corrected chi connectivity index (χ4v) is 2.79. The lowest BCUT2D eigenvalue weighted by molar-refractivity contribution is 0.732. The Hall–Kier alpha value is -1.19. The molecule has 1 aliphatic carbocycles. The number of benzene rings is 1. The van der Waals surface area contributed by atoms with Gasteiger partial charge < -0.3 is 5.73 Å². The second-order valence-corrected chi connectivity index (χ2v) is 5.42. The number of nitrogens with two attached hydrogens (primary N) is 1. The van der Waals surface area contributed by atoms with Gasteiger partial charge in [0.15, 0.2) is 0 Å². The van der Waals surface area contributed by atoms with Crippen molar-refractivity contribution in [2.24, 2.45) is 5.73 Å². The van der Waals surface area contributed by atoms with E-state index in [2.05, 4.69) is 41.6 Å². The molecule has 82 valence electrons. The van der Waals surface area contributed by atoms with Crippen LogP contribution in [-0.2, 0) is 5.54 Å². The highest BCUT2D eigenvalue weighted by atomic mass is 32.1. The van der Waals surface area contributed by atoms with Gasteiger partial charge >= 0.3 is 0 Å². The van der Waals surface area contributed by atoms with Crippen molar-refractivity contribution in [1.82, 2.24) is 4.98 Å². The number of hydrogen-bond donors (Lipinski definition) is 1. The van der Waals surface area contributed by atoms with Gasteiger partial charge in [-0.1, -0.05) is 23.8 Å². The van der Waals surface area contributed by atoms with Crippen molar-refractivity contribution in [2.45, 2.75) is 25.3 Å². The van der Waals surface area contributed by atoms with Crippen molar-refractivity contribution in [1.29, 1.82) is 0 Å². The number of rotatable bonds is 2. The average Bonchev–Trinajstić information content (AvgIpc) is 2.83. The number of aromatic nitrogens is 1. The molecule has 0 aliphatic heterocycles. The molecule has 1 saturated carbocycles. The number of nitrogens with zero attached hydrogens (tertiary/aromatic N) is 1. The van der Waals surface area contributed by atoms with E-state index < -0.39 is 0 Å². The van der Waals surface area contributed by atoms with Crippen molar-refractivity contribution < 1.29 is 0 Å². The maximum absolute atomic E-state index is 6.14. The summed E-state index contributed by atoms with van der Waals surface area (Å²) in [7, 11) is 0. The zero-order chi connectivity index (χ0) is 11.2. The van der Waals surface area contributed by atoms with Gasteiger partial charge in [0, 0.05) is 10.9 Å². The largest absolute Gasteiger partial charge is 0.319 e. The molecule has 3 heteroatoms. The van der Waals surface area contributed by atoms with Crippen molar-refractivity contribution in [3.8, 4) is 11.3 Å². The van der Waals surface area contributed by atoms with Crippen molar-refractivity contribution >= 4 is 11.3 Å². The van der Waals surface area contributed by atoms with E-state index in [1.54, 1.807) is 11.3 Å². The molecular formula is C13H14N2S. The van der Waals surface area contributed by atoms with E-state index in [1.165, 1.54) is 11.1 Å². The highest BCUT2D eigenvalue weighted by molar-refractivity contribution is 7.10. The van der Waals surface area contributed by atoms with Crippen LogP contribution in [0.2, 0.25) is 0 Å². The molecule has 0 unspecified atom stereocenters. The Labute approximate surface area is 99.1 Å². The first-order valence-electron chi connectivity index (χ1n) is 5.49. The lowest BCUT2D eigenvalue weighted by Crippen LogP contribution is -2.18. The fraction of sp³-hybridized carbons (Fsp3) is 0.308. The van der Waals surface area contributed by atoms with Crippen LogP contribution in [0.5, 0.6) is 0 Å². The minimum absolute atomic E-state index is 0.104. The summed E-state index contributed by atoms with van der Waals surface area (Å²) in [5, 5.41) is 3.20. The van der Waals surface area contributed by atoms with Crippen molar-refractivity contribution in [2.75, 3.05) is 0 Å². The van der Waals surface area contributed by atoms with Crippen LogP contribution in [0.15, 0.2) is 29.6 Å². The zero-order valence-electron chi connectivity index (χ0n) is 9.23. The quantitative estimate of drug-likeness (QED) is 0.861. The van der Waals surface area contributed by atoms with E-state index in [0.29, 0.717) is 0 Å². The SMILES string of the molecule is Cc1cccc(-c2csc(C3(N)CC3)n2)c1. The van der Waals surface area contributed by atoms with E-state index in [-0.39, 0.29) is 5.54 Å². The Morgan fingerprint density at radius 1 is 1.38 bits per heavy atom. The first kappa shape index (κ1) is 10.00. The molecule has 1 aliphatic rings. The van der Waals surface area contributed by atoms with Crippen LogP contribution in [0.3, 0.4) is 0 Å². The maximum Gasteiger partial charge on any atom is 0.113 e. The third-order valence-electron chi connectivity index (χ3n) is 3.03. The van der Waals surface area contributed by atoms with Crippen LogP contribution >= 0.6 is 11.3 Å². The summed E-state index contributed by atoms with van der Waals surface area (Å²) in [6.45, 7) is 2.10. The second-order valence-electron chi connectivity index (χ2n) is 4.56. The summed E-state index contributed by atoms with van der Waals surface area (Å²) in [5.41, 5.74) is 9.54. The van der Waals surface area contributed by atoms with Gasteiger partial charge in [-0.3, -0.25) is 0 Å². The predicted molar refractivity (Wildman–Crippen MR) is 67.4 cm³/mol. The van der Waals surface area contributed by atoms with Gasteiger partial charge in [0.1, 0.15) is 5.01 Å². The van der Waals surface area contributed by atoms with Gasteiger partial charge in [-0.05, 0) is 25.8 Å². The normalized spacial score (nSPS) is 17.4. The lowest BCUT2D eigenvalue weighted by atomic mass is 10.1. The topological polar surface area (TPSA) is 38.9 Å². The summed E-state index contributed by atoms with van der Waals surface area (Å²) in [4.78, 5) is 4.65. The summed E-state index contributed by atoms with van der Waals surface area (Å²) in [5.74, 6) is 0. The molecule has 2 N–H and O–H groups in total. The number of aryl methyl sites for hydroxylation is 1. The van der Waals surface area contributed by atoms with Crippen molar-refractivity contribution in [3.05, 3.63) is 40.2 Å². The Bertz CT molecular complexity index is 526. The highest BCUT2D eigenvalue weighted by Gasteiger charge is 2.42. The summed E-state index contributed by atoms with van der Waals surface area (Å²) < 4.78 is 0. The van der Waals surface area contributed by atoms with E-state index >= 15 is 0 Å². The van der Waals surface area contributed by atoms with E-state index in [1.807, 2.05) is 0 Å². The first-order chi connectivity index (χ1) is 7.67. The fourth-order valence-electron chi connectivity index (χ4n) is 1.79. The van der Waals surface area contributed by atoms with Gasteiger partial charge in [-0.2, -0.15) is 0 Å². The minimum Gasteiger partial charge on any atom is -0.319 e. The molecule has 1 fully saturated rings. The molecule has 0 bridgehead atoms. The minimum atomic E-state index is -0.104. The Morgan fingerprint density at radius 3 is 2.88 bits per heavy atom. The predicted octanol–water partition coefficient (Wildman–Crippen LogP) is 3.07. The molecule has 2 aromatic rings. The summed E-state index contributed by atoms with van der Waals surface area (Å²) >= 11 is 1.68. The van der Waals surface area contributed by atoms with Crippen LogP contribution in [-0.4, -0.2) is 4.98 Å². The van der Waals surface area contributed by atoms with E-state index in [4.69, 9.17) is 5.73 Å². The summed E-state index contributed by atoms with van der Waals surface area (Å²) in [6.07, 6.45) is 2.15. The maximum atomic E-state index is 6.14. The Balaban J connectivity index is 1.98. The average molecular weight is 230 g/mol. The van der Waals surface area contributed by atoms with Crippen LogP contribution in [0, 0.1) is 6.92 Å². The molecule has 0 saturated heterocycles. The molecule has 0 amide bonds. The number of thiazole rings is 1. The van der Waals surface area contributed by atoms with Crippen molar-refractivity contribution in [3.63, 3.8) is 0 Å². The Morgan fingerprint density at radius 2 is 2.19 bits per heavy atom. The smallest absolute Gasteiger partial charge is 0.113 e. The molecule has 2 nitrogen and oxygen atoms in total. The first-order valence-corrected chi connectivity index (χ1v) is 6.37. The van der Waals surface area contributed by atoms with Gasteiger partial charge in [0.05, 0.1) is 11.2 Å². The second kappa shape index (κ2) is 3.40. The standard InChI is InChI=1S/C13H14N2S/c1-9-3-2-4-10(7-9)11-8-16-12(15-11)13(14)5-6-13/h2-4,7-8H,5-6,14H2,1H3. The molecule has 1 heterocycles. The zero-order valence-corrected chi connectivity index (χ0v) is 10.1. The molecule has 0 radical (unpaired) electrons. The monoisotopic (exact) mass is 230 g/mol. The molecule has 0 spiro atoms. The van der Waals surface area contributed by atoms with Crippen LogP contribution < -0.4 is 5.73 Å².